The van der Waals surface area contributed by atoms with E-state index in [0.717, 1.165) is 22.7 Å². The number of hydrogen-bond acceptors (Lipinski definition) is 5. The molecule has 0 aliphatic rings. The molecule has 0 aromatic carbocycles. The van der Waals surface area contributed by atoms with Crippen LogP contribution in [0.25, 0.3) is 0 Å². The van der Waals surface area contributed by atoms with Crippen molar-refractivity contribution in [1.82, 2.24) is 15.0 Å². The van der Waals surface area contributed by atoms with Gasteiger partial charge in [0.1, 0.15) is 5.75 Å². The maximum Gasteiger partial charge on any atom is 0.127 e. The summed E-state index contributed by atoms with van der Waals surface area (Å²) in [5.74, 6) is 0.778. The van der Waals surface area contributed by atoms with Gasteiger partial charge in [-0.1, -0.05) is 0 Å². The Hall–Kier alpha value is -2.01. The molecule has 0 fully saturated rings. The molecule has 0 radical (unpaired) electrons. The maximum absolute atomic E-state index is 5.57. The second-order valence-corrected chi connectivity index (χ2v) is 3.83. The van der Waals surface area contributed by atoms with E-state index in [1.165, 1.54) is 0 Å². The first-order chi connectivity index (χ1) is 8.79. The average molecular weight is 245 g/mol. The van der Waals surface area contributed by atoms with Gasteiger partial charge >= 0.3 is 0 Å². The molecule has 5 nitrogen and oxygen atoms in total. The summed E-state index contributed by atoms with van der Waals surface area (Å²) in [5, 5.41) is 0. The molecule has 0 aliphatic heterocycles. The molecule has 18 heavy (non-hydrogen) atoms. The van der Waals surface area contributed by atoms with Crippen molar-refractivity contribution in [1.29, 1.82) is 0 Å². The summed E-state index contributed by atoms with van der Waals surface area (Å²) in [7, 11) is 1.63. The SMILES string of the molecule is COc1ccncc1COCc1cnc(C)cn1. The van der Waals surface area contributed by atoms with Crippen LogP contribution < -0.4 is 4.74 Å². The Kier molecular flexibility index (Phi) is 4.20. The van der Waals surface area contributed by atoms with E-state index in [1.54, 1.807) is 31.9 Å². The number of aromatic nitrogens is 3. The van der Waals surface area contributed by atoms with Crippen molar-refractivity contribution in [2.24, 2.45) is 0 Å². The second kappa shape index (κ2) is 6.07. The minimum Gasteiger partial charge on any atom is -0.496 e. The molecule has 0 spiro atoms. The lowest BCUT2D eigenvalue weighted by atomic mass is 10.3. The fourth-order valence-electron chi connectivity index (χ4n) is 1.48. The molecular weight excluding hydrogens is 230 g/mol. The quantitative estimate of drug-likeness (QED) is 0.805. The van der Waals surface area contributed by atoms with Gasteiger partial charge in [-0.05, 0) is 13.0 Å². The lowest BCUT2D eigenvalue weighted by molar-refractivity contribution is 0.102. The van der Waals surface area contributed by atoms with Crippen molar-refractivity contribution in [2.45, 2.75) is 20.1 Å². The van der Waals surface area contributed by atoms with Crippen LogP contribution in [0.2, 0.25) is 0 Å². The van der Waals surface area contributed by atoms with E-state index in [2.05, 4.69) is 15.0 Å². The van der Waals surface area contributed by atoms with Crippen LogP contribution in [0.3, 0.4) is 0 Å². The van der Waals surface area contributed by atoms with Crippen LogP contribution >= 0.6 is 0 Å². The van der Waals surface area contributed by atoms with Crippen LogP contribution in [0.1, 0.15) is 17.0 Å². The molecule has 2 heterocycles. The van der Waals surface area contributed by atoms with Crippen LogP contribution in [0.4, 0.5) is 0 Å². The highest BCUT2D eigenvalue weighted by atomic mass is 16.5. The highest BCUT2D eigenvalue weighted by Gasteiger charge is 2.03. The van der Waals surface area contributed by atoms with E-state index in [0.29, 0.717) is 13.2 Å². The Labute approximate surface area is 106 Å². The third-order valence-corrected chi connectivity index (χ3v) is 2.42. The summed E-state index contributed by atoms with van der Waals surface area (Å²) in [6.07, 6.45) is 6.87. The van der Waals surface area contributed by atoms with E-state index in [9.17, 15) is 0 Å². The van der Waals surface area contributed by atoms with Crippen LogP contribution in [0.5, 0.6) is 5.75 Å². The largest absolute Gasteiger partial charge is 0.496 e. The number of pyridine rings is 1. The van der Waals surface area contributed by atoms with Crippen molar-refractivity contribution >= 4 is 0 Å². The fourth-order valence-corrected chi connectivity index (χ4v) is 1.48. The monoisotopic (exact) mass is 245 g/mol. The highest BCUT2D eigenvalue weighted by molar-refractivity contribution is 5.29. The van der Waals surface area contributed by atoms with Gasteiger partial charge < -0.3 is 9.47 Å². The molecule has 0 saturated heterocycles. The maximum atomic E-state index is 5.57. The molecule has 0 N–H and O–H groups in total. The molecular formula is C13H15N3O2. The zero-order chi connectivity index (χ0) is 12.8. The molecule has 0 atom stereocenters. The minimum atomic E-state index is 0.422. The number of aryl methyl sites for hydroxylation is 1. The minimum absolute atomic E-state index is 0.422. The van der Waals surface area contributed by atoms with Crippen LogP contribution in [-0.2, 0) is 18.0 Å². The van der Waals surface area contributed by atoms with Crippen molar-refractivity contribution < 1.29 is 9.47 Å². The van der Waals surface area contributed by atoms with Crippen molar-refractivity contribution in [2.75, 3.05) is 7.11 Å². The average Bonchev–Trinajstić information content (AvgIpc) is 2.41. The molecule has 0 bridgehead atoms. The highest BCUT2D eigenvalue weighted by Crippen LogP contribution is 2.17. The summed E-state index contributed by atoms with van der Waals surface area (Å²) in [6, 6.07) is 1.81. The van der Waals surface area contributed by atoms with E-state index in [1.807, 2.05) is 13.0 Å². The van der Waals surface area contributed by atoms with Crippen LogP contribution in [0, 0.1) is 6.92 Å². The number of rotatable bonds is 5. The van der Waals surface area contributed by atoms with Gasteiger partial charge in [0.05, 0.1) is 37.9 Å². The number of hydrogen-bond donors (Lipinski definition) is 0. The standard InChI is InChI=1S/C13H15N3O2/c1-10-5-16-12(7-15-10)9-18-8-11-6-14-4-3-13(11)17-2/h3-7H,8-9H2,1-2H3. The predicted molar refractivity (Wildman–Crippen MR) is 66.1 cm³/mol. The van der Waals surface area contributed by atoms with E-state index in [-0.39, 0.29) is 0 Å². The zero-order valence-electron chi connectivity index (χ0n) is 10.5. The molecule has 0 saturated carbocycles. The summed E-state index contributed by atoms with van der Waals surface area (Å²) in [5.41, 5.74) is 2.62. The summed E-state index contributed by atoms with van der Waals surface area (Å²) >= 11 is 0. The molecule has 0 aliphatic carbocycles. The van der Waals surface area contributed by atoms with Gasteiger partial charge in [-0.25, -0.2) is 0 Å². The molecule has 94 valence electrons. The number of methoxy groups -OCH3 is 1. The molecule has 0 amide bonds. The third-order valence-electron chi connectivity index (χ3n) is 2.42. The second-order valence-electron chi connectivity index (χ2n) is 3.83. The van der Waals surface area contributed by atoms with E-state index in [4.69, 9.17) is 9.47 Å². The van der Waals surface area contributed by atoms with Gasteiger partial charge in [0.15, 0.2) is 0 Å². The van der Waals surface area contributed by atoms with Gasteiger partial charge in [0, 0.05) is 24.2 Å². The first-order valence-corrected chi connectivity index (χ1v) is 5.61. The fraction of sp³-hybridized carbons (Fsp3) is 0.308. The lowest BCUT2D eigenvalue weighted by Gasteiger charge is -2.08. The Balaban J connectivity index is 1.90. The summed E-state index contributed by atoms with van der Waals surface area (Å²) < 4.78 is 10.8. The Bertz CT molecular complexity index is 500. The topological polar surface area (TPSA) is 57.1 Å². The van der Waals surface area contributed by atoms with Gasteiger partial charge in [0.2, 0.25) is 0 Å². The molecule has 0 unspecified atom stereocenters. The Morgan fingerprint density at radius 2 is 2.00 bits per heavy atom. The van der Waals surface area contributed by atoms with Crippen molar-refractivity contribution in [3.63, 3.8) is 0 Å². The third kappa shape index (κ3) is 3.24. The molecule has 5 heteroatoms. The van der Waals surface area contributed by atoms with Gasteiger partial charge in [-0.2, -0.15) is 0 Å². The summed E-state index contributed by atoms with van der Waals surface area (Å²) in [4.78, 5) is 12.4. The Morgan fingerprint density at radius 1 is 1.11 bits per heavy atom. The molecule has 2 rings (SSSR count). The lowest BCUT2D eigenvalue weighted by Crippen LogP contribution is -2.00. The van der Waals surface area contributed by atoms with Crippen molar-refractivity contribution in [3.8, 4) is 5.75 Å². The predicted octanol–water partition coefficient (Wildman–Crippen LogP) is 1.91. The first kappa shape index (κ1) is 12.4. The normalized spacial score (nSPS) is 10.3. The number of nitrogens with zero attached hydrogens (tertiary/aromatic N) is 3. The first-order valence-electron chi connectivity index (χ1n) is 5.61. The van der Waals surface area contributed by atoms with E-state index < -0.39 is 0 Å². The van der Waals surface area contributed by atoms with Gasteiger partial charge in [-0.3, -0.25) is 15.0 Å². The smallest absolute Gasteiger partial charge is 0.127 e. The van der Waals surface area contributed by atoms with Crippen LogP contribution in [0.15, 0.2) is 30.9 Å². The zero-order valence-corrected chi connectivity index (χ0v) is 10.5. The van der Waals surface area contributed by atoms with E-state index >= 15 is 0 Å². The molecule has 2 aromatic rings. The Morgan fingerprint density at radius 3 is 2.72 bits per heavy atom. The van der Waals surface area contributed by atoms with Gasteiger partial charge in [-0.15, -0.1) is 0 Å². The van der Waals surface area contributed by atoms with Gasteiger partial charge in [0.25, 0.3) is 0 Å². The molecule has 2 aromatic heterocycles. The van der Waals surface area contributed by atoms with Crippen LogP contribution in [-0.4, -0.2) is 22.1 Å². The van der Waals surface area contributed by atoms with Crippen molar-refractivity contribution in [3.05, 3.63) is 47.8 Å². The number of ether oxygens (including phenoxy) is 2. The summed E-state index contributed by atoms with van der Waals surface area (Å²) in [6.45, 7) is 2.76.